The summed E-state index contributed by atoms with van der Waals surface area (Å²) in [5.41, 5.74) is 0.0358. The minimum atomic E-state index is -1.05. The van der Waals surface area contributed by atoms with E-state index in [9.17, 15) is 55.5 Å². The standard InChI is InChI=1S/C44H54O15/c1-5-6-7-8-25(46)16-27(48)18-29-12-21-10-23-14-31(56-3)37(41(52)33(23)39(50)35(21)43(54)58-29)38-32(57-4)15-24-11-22-13-30(19-28(49)17-26(47)9-20(2)45)59-44(55)36(22)40(51)34(24)42(38)53/h10-11,14-15,20,25-30,45-53H,5-9,12-13,16-19H2,1-4H3/t20-,25-,26-,27-,28-,29+,30+/m1/s1. The maximum atomic E-state index is 13.4. The summed E-state index contributed by atoms with van der Waals surface area (Å²) in [6.45, 7) is 3.58. The number of esters is 2. The van der Waals surface area contributed by atoms with Crippen molar-refractivity contribution in [2.24, 2.45) is 0 Å². The Morgan fingerprint density at radius 3 is 1.44 bits per heavy atom. The summed E-state index contributed by atoms with van der Waals surface area (Å²) in [5.74, 6) is -4.18. The van der Waals surface area contributed by atoms with Gasteiger partial charge in [0.15, 0.2) is 0 Å². The molecule has 0 radical (unpaired) electrons. The first-order chi connectivity index (χ1) is 28.1. The molecule has 0 spiro atoms. The Morgan fingerprint density at radius 2 is 1.03 bits per heavy atom. The molecule has 2 heterocycles. The highest BCUT2D eigenvalue weighted by atomic mass is 16.6. The molecule has 0 saturated heterocycles. The molecule has 59 heavy (non-hydrogen) atoms. The fourth-order valence-electron chi connectivity index (χ4n) is 8.63. The van der Waals surface area contributed by atoms with Gasteiger partial charge in [-0.1, -0.05) is 26.2 Å². The van der Waals surface area contributed by atoms with E-state index in [1.807, 2.05) is 0 Å². The third-order valence-electron chi connectivity index (χ3n) is 11.3. The lowest BCUT2D eigenvalue weighted by Gasteiger charge is -2.29. The number of aliphatic hydroxyl groups is 5. The number of carbonyl (C=O) groups is 2. The minimum absolute atomic E-state index is 0.00787. The van der Waals surface area contributed by atoms with E-state index in [0.717, 1.165) is 19.3 Å². The highest BCUT2D eigenvalue weighted by molar-refractivity contribution is 6.13. The van der Waals surface area contributed by atoms with E-state index in [2.05, 4.69) is 6.92 Å². The topological polar surface area (TPSA) is 253 Å². The van der Waals surface area contributed by atoms with Crippen molar-refractivity contribution >= 4 is 33.5 Å². The van der Waals surface area contributed by atoms with E-state index in [0.29, 0.717) is 17.5 Å². The number of carbonyl (C=O) groups excluding carboxylic acids is 2. The second-order valence-electron chi connectivity index (χ2n) is 15.9. The first-order valence-electron chi connectivity index (χ1n) is 20.1. The van der Waals surface area contributed by atoms with Crippen LogP contribution < -0.4 is 9.47 Å². The summed E-state index contributed by atoms with van der Waals surface area (Å²) in [7, 11) is 2.64. The van der Waals surface area contributed by atoms with Gasteiger partial charge in [-0.2, -0.15) is 0 Å². The van der Waals surface area contributed by atoms with Gasteiger partial charge in [-0.3, -0.25) is 0 Å². The Kier molecular flexibility index (Phi) is 13.3. The number of methoxy groups -OCH3 is 2. The van der Waals surface area contributed by atoms with Gasteiger partial charge < -0.3 is 64.9 Å². The number of hydrogen-bond donors (Lipinski definition) is 9. The average Bonchev–Trinajstić information content (AvgIpc) is 3.13. The van der Waals surface area contributed by atoms with Crippen LogP contribution in [0.4, 0.5) is 0 Å². The number of ether oxygens (including phenoxy) is 4. The van der Waals surface area contributed by atoms with Gasteiger partial charge >= 0.3 is 11.9 Å². The van der Waals surface area contributed by atoms with Crippen LogP contribution in [0.1, 0.15) is 103 Å². The van der Waals surface area contributed by atoms with Gasteiger partial charge in [-0.05, 0) is 78.8 Å². The summed E-state index contributed by atoms with van der Waals surface area (Å²) in [6.07, 6.45) is -2.16. The van der Waals surface area contributed by atoms with Crippen molar-refractivity contribution in [2.75, 3.05) is 14.2 Å². The van der Waals surface area contributed by atoms with Gasteiger partial charge in [0.1, 0.15) is 57.8 Å². The molecular weight excluding hydrogens is 768 g/mol. The van der Waals surface area contributed by atoms with Crippen molar-refractivity contribution in [3.63, 3.8) is 0 Å². The van der Waals surface area contributed by atoms with Gasteiger partial charge in [0, 0.05) is 25.7 Å². The molecule has 0 amide bonds. The molecule has 9 N–H and O–H groups in total. The molecule has 2 aliphatic heterocycles. The van der Waals surface area contributed by atoms with E-state index >= 15 is 0 Å². The Morgan fingerprint density at radius 1 is 0.610 bits per heavy atom. The van der Waals surface area contributed by atoms with Crippen LogP contribution >= 0.6 is 0 Å². The van der Waals surface area contributed by atoms with E-state index in [4.69, 9.17) is 18.9 Å². The highest BCUT2D eigenvalue weighted by Gasteiger charge is 2.37. The van der Waals surface area contributed by atoms with Gasteiger partial charge in [0.05, 0.1) is 66.6 Å². The fraction of sp³-hybridized carbons (Fsp3) is 0.500. The molecule has 320 valence electrons. The van der Waals surface area contributed by atoms with E-state index in [-0.39, 0.29) is 100 Å². The molecule has 0 bridgehead atoms. The second-order valence-corrected chi connectivity index (χ2v) is 15.9. The number of unbranched alkanes of at least 4 members (excludes halogenated alkanes) is 2. The second kappa shape index (κ2) is 18.1. The SMILES string of the molecule is CCCCC[C@@H](O)C[C@@H](O)C[C@@H]1Cc2cc3cc(OC)c(-c4c(OC)cc5cc6c(c(O)c5c4O)C(=O)O[C@H](C[C@H](O)C[C@H](O)C[C@@H](C)O)C6)c(O)c3c(O)c2C(=O)O1. The predicted octanol–water partition coefficient (Wildman–Crippen LogP) is 5.02. The number of aromatic hydroxyl groups is 4. The van der Waals surface area contributed by atoms with Crippen LogP contribution in [-0.4, -0.2) is 115 Å². The summed E-state index contributed by atoms with van der Waals surface area (Å²) in [5, 5.41) is 98.5. The molecule has 4 aromatic rings. The third kappa shape index (κ3) is 8.94. The van der Waals surface area contributed by atoms with Crippen molar-refractivity contribution in [1.29, 1.82) is 0 Å². The molecule has 15 heteroatoms. The van der Waals surface area contributed by atoms with Gasteiger partial charge in [0.25, 0.3) is 0 Å². The smallest absolute Gasteiger partial charge is 0.342 e. The lowest BCUT2D eigenvalue weighted by molar-refractivity contribution is -0.00359. The van der Waals surface area contributed by atoms with Crippen LogP contribution in [0.3, 0.4) is 0 Å². The van der Waals surface area contributed by atoms with Crippen LogP contribution in [0.15, 0.2) is 24.3 Å². The molecular formula is C44H54O15. The molecule has 15 nitrogen and oxygen atoms in total. The monoisotopic (exact) mass is 822 g/mol. The van der Waals surface area contributed by atoms with Crippen molar-refractivity contribution < 1.29 is 74.5 Å². The van der Waals surface area contributed by atoms with Gasteiger partial charge in [-0.25, -0.2) is 9.59 Å². The van der Waals surface area contributed by atoms with Crippen molar-refractivity contribution in [1.82, 2.24) is 0 Å². The van der Waals surface area contributed by atoms with Gasteiger partial charge in [-0.15, -0.1) is 0 Å². The number of phenols is 4. The summed E-state index contributed by atoms with van der Waals surface area (Å²) in [6, 6.07) is 6.14. The summed E-state index contributed by atoms with van der Waals surface area (Å²) >= 11 is 0. The van der Waals surface area contributed by atoms with Crippen LogP contribution in [0, 0.1) is 0 Å². The van der Waals surface area contributed by atoms with E-state index in [1.165, 1.54) is 33.3 Å². The number of rotatable bonds is 17. The number of phenolic OH excluding ortho intramolecular Hbond substituents is 4. The molecule has 7 atom stereocenters. The van der Waals surface area contributed by atoms with E-state index in [1.54, 1.807) is 12.1 Å². The Hall–Kier alpha value is -5.06. The van der Waals surface area contributed by atoms with Gasteiger partial charge in [0.2, 0.25) is 0 Å². The zero-order valence-corrected chi connectivity index (χ0v) is 33.6. The zero-order chi connectivity index (χ0) is 42.9. The van der Waals surface area contributed by atoms with Crippen molar-refractivity contribution in [3.8, 4) is 45.6 Å². The number of cyclic esters (lactones) is 2. The lowest BCUT2D eigenvalue weighted by Crippen LogP contribution is -2.32. The number of aliphatic hydroxyl groups excluding tert-OH is 5. The Bertz CT molecular complexity index is 2220. The predicted molar refractivity (Wildman–Crippen MR) is 215 cm³/mol. The third-order valence-corrected chi connectivity index (χ3v) is 11.3. The molecule has 6 rings (SSSR count). The Labute approximate surface area is 341 Å². The fourth-order valence-corrected chi connectivity index (χ4v) is 8.63. The normalized spacial score (nSPS) is 19.0. The summed E-state index contributed by atoms with van der Waals surface area (Å²) in [4.78, 5) is 26.7. The minimum Gasteiger partial charge on any atom is -0.506 e. The number of benzene rings is 4. The average molecular weight is 823 g/mol. The quantitative estimate of drug-likeness (QED) is 0.0501. The van der Waals surface area contributed by atoms with Crippen molar-refractivity contribution in [2.45, 2.75) is 127 Å². The number of hydrogen-bond acceptors (Lipinski definition) is 15. The van der Waals surface area contributed by atoms with E-state index < -0.39 is 77.7 Å². The largest absolute Gasteiger partial charge is 0.506 e. The molecule has 0 aromatic heterocycles. The molecule has 0 aliphatic carbocycles. The van der Waals surface area contributed by atoms with Crippen LogP contribution in [0.25, 0.3) is 32.7 Å². The van der Waals surface area contributed by atoms with Crippen LogP contribution in [0.2, 0.25) is 0 Å². The maximum Gasteiger partial charge on any atom is 0.342 e. The molecule has 0 saturated carbocycles. The molecule has 0 fully saturated rings. The molecule has 0 unspecified atom stereocenters. The van der Waals surface area contributed by atoms with Crippen molar-refractivity contribution in [3.05, 3.63) is 46.5 Å². The van der Waals surface area contributed by atoms with Crippen LogP contribution in [-0.2, 0) is 22.3 Å². The zero-order valence-electron chi connectivity index (χ0n) is 33.6. The first kappa shape index (κ1) is 43.5. The molecule has 2 aliphatic rings. The number of fused-ring (bicyclic) bond motifs is 4. The Balaban J connectivity index is 1.35. The highest BCUT2D eigenvalue weighted by Crippen LogP contribution is 2.56. The maximum absolute atomic E-state index is 13.4. The summed E-state index contributed by atoms with van der Waals surface area (Å²) < 4.78 is 22.5. The van der Waals surface area contributed by atoms with Crippen LogP contribution in [0.5, 0.6) is 34.5 Å². The lowest BCUT2D eigenvalue weighted by atomic mass is 9.87. The first-order valence-corrected chi connectivity index (χ1v) is 20.1. The molecule has 4 aromatic carbocycles.